The van der Waals surface area contributed by atoms with Crippen molar-refractivity contribution in [3.63, 3.8) is 0 Å². The Hall–Kier alpha value is -1.47. The minimum Gasteiger partial charge on any atom is -0.463 e. The van der Waals surface area contributed by atoms with Crippen molar-refractivity contribution in [1.82, 2.24) is 0 Å². The molecule has 0 heterocycles. The van der Waals surface area contributed by atoms with Crippen molar-refractivity contribution in [2.24, 2.45) is 5.92 Å². The lowest BCUT2D eigenvalue weighted by Crippen LogP contribution is -2.36. The molecule has 0 saturated carbocycles. The zero-order valence-electron chi connectivity index (χ0n) is 16.5. The molecule has 0 aromatic rings. The van der Waals surface area contributed by atoms with Crippen LogP contribution < -0.4 is 0 Å². The predicted molar refractivity (Wildman–Crippen MR) is 96.7 cm³/mol. The van der Waals surface area contributed by atoms with Gasteiger partial charge in [0.2, 0.25) is 0 Å². The molecule has 0 aromatic carbocycles. The van der Waals surface area contributed by atoms with Crippen molar-refractivity contribution >= 4 is 5.97 Å². The Balaban J connectivity index is 3.78. The fraction of sp³-hybridized carbons (Fsp3) is 0.750. The maximum absolute atomic E-state index is 12.4. The lowest BCUT2D eigenvalue weighted by Gasteiger charge is -2.22. The molecule has 0 unspecified atom stereocenters. The third-order valence-corrected chi connectivity index (χ3v) is 4.17. The van der Waals surface area contributed by atoms with Crippen LogP contribution >= 0.6 is 0 Å². The summed E-state index contributed by atoms with van der Waals surface area (Å²) in [4.78, 5) is 11.2. The molecular formula is C20H30F6O2. The van der Waals surface area contributed by atoms with E-state index in [9.17, 15) is 31.1 Å². The average Bonchev–Trinajstić information content (AvgIpc) is 2.53. The molecule has 8 heteroatoms. The highest BCUT2D eigenvalue weighted by Crippen LogP contribution is 2.42. The van der Waals surface area contributed by atoms with E-state index in [1.165, 1.54) is 6.08 Å². The predicted octanol–water partition coefficient (Wildman–Crippen LogP) is 7.30. The number of carbonyl (C=O) groups is 1. The van der Waals surface area contributed by atoms with Crippen molar-refractivity contribution in [1.29, 1.82) is 0 Å². The van der Waals surface area contributed by atoms with E-state index in [2.05, 4.69) is 0 Å². The smallest absolute Gasteiger partial charge is 0.400 e. The van der Waals surface area contributed by atoms with Crippen molar-refractivity contribution in [3.05, 3.63) is 23.8 Å². The van der Waals surface area contributed by atoms with Crippen LogP contribution in [-0.2, 0) is 9.53 Å². The van der Waals surface area contributed by atoms with Crippen molar-refractivity contribution in [2.45, 2.75) is 84.0 Å². The first-order chi connectivity index (χ1) is 13.0. The van der Waals surface area contributed by atoms with Gasteiger partial charge in [0.25, 0.3) is 0 Å². The molecule has 0 radical (unpaired) electrons. The number of carbonyl (C=O) groups excluding carboxylic acids is 1. The van der Waals surface area contributed by atoms with Crippen LogP contribution in [0.15, 0.2) is 23.8 Å². The molecule has 0 spiro atoms. The molecule has 0 aromatic heterocycles. The minimum absolute atomic E-state index is 0.0709. The van der Waals surface area contributed by atoms with E-state index < -0.39 is 24.7 Å². The van der Waals surface area contributed by atoms with Crippen LogP contribution in [0.2, 0.25) is 0 Å². The molecule has 0 fully saturated rings. The number of ether oxygens (including phenoxy) is 1. The monoisotopic (exact) mass is 416 g/mol. The largest absolute Gasteiger partial charge is 0.463 e. The summed E-state index contributed by atoms with van der Waals surface area (Å²) >= 11 is 0. The van der Waals surface area contributed by atoms with Gasteiger partial charge in [0, 0.05) is 6.08 Å². The molecule has 0 bridgehead atoms. The molecule has 0 aliphatic heterocycles. The number of allylic oxidation sites excluding steroid dienone is 3. The fourth-order valence-corrected chi connectivity index (χ4v) is 2.69. The summed E-state index contributed by atoms with van der Waals surface area (Å²) in [6.07, 6.45) is -0.767. The zero-order valence-corrected chi connectivity index (χ0v) is 16.5. The molecule has 0 rings (SSSR count). The van der Waals surface area contributed by atoms with Crippen molar-refractivity contribution < 1.29 is 35.9 Å². The van der Waals surface area contributed by atoms with Gasteiger partial charge in [-0.2, -0.15) is 26.3 Å². The molecule has 164 valence electrons. The summed E-state index contributed by atoms with van der Waals surface area (Å²) < 4.78 is 79.1. The molecule has 0 amide bonds. The van der Waals surface area contributed by atoms with Gasteiger partial charge in [0.15, 0.2) is 5.92 Å². The third kappa shape index (κ3) is 13.7. The van der Waals surface area contributed by atoms with Crippen LogP contribution in [0.1, 0.15) is 71.6 Å². The van der Waals surface area contributed by atoms with Crippen LogP contribution in [0.5, 0.6) is 0 Å². The van der Waals surface area contributed by atoms with Gasteiger partial charge in [-0.1, -0.05) is 50.7 Å². The third-order valence-electron chi connectivity index (χ3n) is 4.17. The second-order valence-corrected chi connectivity index (χ2v) is 6.73. The number of hydrogen-bond donors (Lipinski definition) is 0. The van der Waals surface area contributed by atoms with Gasteiger partial charge in [0.05, 0.1) is 6.61 Å². The van der Waals surface area contributed by atoms with E-state index in [4.69, 9.17) is 4.74 Å². The van der Waals surface area contributed by atoms with Gasteiger partial charge < -0.3 is 4.74 Å². The lowest BCUT2D eigenvalue weighted by molar-refractivity contribution is -0.285. The molecular weight excluding hydrogens is 386 g/mol. The second kappa shape index (κ2) is 13.7. The standard InChI is InChI=1S/C20H30F6O2/c1-3-28-18(27)15-16(2)13-11-9-7-5-4-6-8-10-12-14-17(19(21,22)23)20(24,25)26/h11,13,15,17H,3-10,12,14H2,1-2H3. The van der Waals surface area contributed by atoms with Crippen LogP contribution in [0.3, 0.4) is 0 Å². The van der Waals surface area contributed by atoms with E-state index in [-0.39, 0.29) is 12.4 Å². The van der Waals surface area contributed by atoms with E-state index in [0.717, 1.165) is 37.7 Å². The van der Waals surface area contributed by atoms with E-state index in [1.807, 2.05) is 12.2 Å². The Morgan fingerprint density at radius 3 is 1.89 bits per heavy atom. The summed E-state index contributed by atoms with van der Waals surface area (Å²) in [5.41, 5.74) is 0.800. The maximum atomic E-state index is 12.4. The SMILES string of the molecule is CCOC(=O)C=C(C)C=CCCCCCCCCCC(C(F)(F)F)C(F)(F)F. The summed E-state index contributed by atoms with van der Waals surface area (Å²) in [7, 11) is 0. The highest BCUT2D eigenvalue weighted by molar-refractivity contribution is 5.83. The van der Waals surface area contributed by atoms with Crippen LogP contribution in [0, 0.1) is 5.92 Å². The first-order valence-corrected chi connectivity index (χ1v) is 9.63. The number of rotatable bonds is 13. The van der Waals surface area contributed by atoms with Gasteiger partial charge in [0.1, 0.15) is 0 Å². The van der Waals surface area contributed by atoms with E-state index in [0.29, 0.717) is 19.4 Å². The summed E-state index contributed by atoms with van der Waals surface area (Å²) in [6.45, 7) is 3.87. The van der Waals surface area contributed by atoms with Crippen LogP contribution in [-0.4, -0.2) is 24.9 Å². The molecule has 0 aliphatic rings. The minimum atomic E-state index is -5.23. The van der Waals surface area contributed by atoms with Crippen LogP contribution in [0.25, 0.3) is 0 Å². The Morgan fingerprint density at radius 2 is 1.39 bits per heavy atom. The normalized spacial score (nSPS) is 13.5. The maximum Gasteiger partial charge on any atom is 0.400 e. The molecule has 0 aliphatic carbocycles. The summed E-state index contributed by atoms with van der Waals surface area (Å²) in [6, 6.07) is 0. The summed E-state index contributed by atoms with van der Waals surface area (Å²) in [5, 5.41) is 0. The lowest BCUT2D eigenvalue weighted by atomic mass is 9.99. The van der Waals surface area contributed by atoms with Gasteiger partial charge in [-0.25, -0.2) is 4.79 Å². The second-order valence-electron chi connectivity index (χ2n) is 6.73. The van der Waals surface area contributed by atoms with Gasteiger partial charge in [-0.05, 0) is 38.7 Å². The van der Waals surface area contributed by atoms with Gasteiger partial charge in [-0.3, -0.25) is 0 Å². The topological polar surface area (TPSA) is 26.3 Å². The number of unbranched alkanes of at least 4 members (excludes halogenated alkanes) is 7. The number of alkyl halides is 6. The van der Waals surface area contributed by atoms with Crippen molar-refractivity contribution in [2.75, 3.05) is 6.61 Å². The number of hydrogen-bond acceptors (Lipinski definition) is 2. The Morgan fingerprint density at radius 1 is 0.893 bits per heavy atom. The van der Waals surface area contributed by atoms with E-state index >= 15 is 0 Å². The molecule has 0 atom stereocenters. The van der Waals surface area contributed by atoms with Gasteiger partial charge in [-0.15, -0.1) is 0 Å². The van der Waals surface area contributed by atoms with Gasteiger partial charge >= 0.3 is 18.3 Å². The quantitative estimate of drug-likeness (QED) is 0.103. The number of esters is 1. The Kier molecular flexibility index (Phi) is 12.9. The molecule has 0 saturated heterocycles. The molecule has 0 N–H and O–H groups in total. The highest BCUT2D eigenvalue weighted by atomic mass is 19.4. The molecule has 2 nitrogen and oxygen atoms in total. The number of halogens is 6. The first-order valence-electron chi connectivity index (χ1n) is 9.63. The van der Waals surface area contributed by atoms with Crippen LogP contribution in [0.4, 0.5) is 26.3 Å². The Bertz CT molecular complexity index is 478. The average molecular weight is 416 g/mol. The first kappa shape index (κ1) is 26.5. The molecule has 28 heavy (non-hydrogen) atoms. The highest BCUT2D eigenvalue weighted by Gasteiger charge is 2.55. The zero-order chi connectivity index (χ0) is 21.6. The van der Waals surface area contributed by atoms with E-state index in [1.54, 1.807) is 13.8 Å². The summed E-state index contributed by atoms with van der Waals surface area (Å²) in [5.74, 6) is -3.59. The fourth-order valence-electron chi connectivity index (χ4n) is 2.69. The Labute approximate surface area is 163 Å². The van der Waals surface area contributed by atoms with Crippen molar-refractivity contribution in [3.8, 4) is 0 Å².